The number of amides is 1. The smallest absolute Gasteiger partial charge is 0.274 e. The molecule has 1 aliphatic carbocycles. The molecule has 1 fully saturated rings. The lowest BCUT2D eigenvalue weighted by molar-refractivity contribution is 0.0685. The van der Waals surface area contributed by atoms with E-state index >= 15 is 0 Å². The molecule has 0 atom stereocenters. The zero-order valence-corrected chi connectivity index (χ0v) is 17.9. The van der Waals surface area contributed by atoms with Crippen LogP contribution in [0.25, 0.3) is 10.2 Å². The molecule has 3 aromatic rings. The van der Waals surface area contributed by atoms with E-state index in [9.17, 15) is 9.59 Å². The van der Waals surface area contributed by atoms with Gasteiger partial charge in [-0.25, -0.2) is 4.98 Å². The minimum Gasteiger partial charge on any atom is -0.337 e. The molecule has 2 aliphatic rings. The number of aromatic nitrogens is 4. The monoisotopic (exact) mass is 411 g/mol. The van der Waals surface area contributed by atoms with Crippen molar-refractivity contribution < 1.29 is 4.79 Å². The summed E-state index contributed by atoms with van der Waals surface area (Å²) in [6.45, 7) is 7.22. The maximum absolute atomic E-state index is 13.2. The number of rotatable bonds is 2. The van der Waals surface area contributed by atoms with Crippen molar-refractivity contribution in [1.29, 1.82) is 0 Å². The molecule has 0 bridgehead atoms. The number of aromatic amines is 1. The molecule has 1 N–H and O–H groups in total. The minimum atomic E-state index is 0.0183. The Bertz CT molecular complexity index is 1180. The van der Waals surface area contributed by atoms with Crippen LogP contribution in [0.1, 0.15) is 63.3 Å². The summed E-state index contributed by atoms with van der Waals surface area (Å²) in [5, 5.41) is 8.07. The Kier molecular flexibility index (Phi) is 4.34. The lowest BCUT2D eigenvalue weighted by Crippen LogP contribution is -2.41. The molecule has 0 unspecified atom stereocenters. The number of carbonyl (C=O) groups excluding carboxylic acids is 1. The van der Waals surface area contributed by atoms with Gasteiger partial charge in [-0.1, -0.05) is 0 Å². The van der Waals surface area contributed by atoms with Gasteiger partial charge in [0.2, 0.25) is 0 Å². The molecule has 0 radical (unpaired) electrons. The van der Waals surface area contributed by atoms with Gasteiger partial charge in [0.1, 0.15) is 10.7 Å². The summed E-state index contributed by atoms with van der Waals surface area (Å²) in [4.78, 5) is 34.8. The Labute approximate surface area is 172 Å². The van der Waals surface area contributed by atoms with Crippen LogP contribution in [0.3, 0.4) is 0 Å². The number of nitrogens with zero attached hydrogens (tertiary/aromatic N) is 4. The average Bonchev–Trinajstić information content (AvgIpc) is 3.37. The third kappa shape index (κ3) is 2.84. The topological polar surface area (TPSA) is 83.9 Å². The number of thiophene rings is 1. The average molecular weight is 412 g/mol. The number of aryl methyl sites for hydroxylation is 4. The van der Waals surface area contributed by atoms with E-state index in [2.05, 4.69) is 10.2 Å². The first-order chi connectivity index (χ1) is 14.0. The number of hydrogen-bond acceptors (Lipinski definition) is 5. The van der Waals surface area contributed by atoms with E-state index in [-0.39, 0.29) is 17.5 Å². The number of carbonyl (C=O) groups is 1. The number of fused-ring (bicyclic) bond motifs is 2. The van der Waals surface area contributed by atoms with E-state index in [1.54, 1.807) is 11.3 Å². The van der Waals surface area contributed by atoms with Crippen molar-refractivity contribution in [2.24, 2.45) is 0 Å². The van der Waals surface area contributed by atoms with Crippen molar-refractivity contribution in [2.75, 3.05) is 13.1 Å². The summed E-state index contributed by atoms with van der Waals surface area (Å²) in [6, 6.07) is 0.0768. The highest BCUT2D eigenvalue weighted by Gasteiger charge is 2.31. The van der Waals surface area contributed by atoms with Crippen LogP contribution < -0.4 is 5.56 Å². The Balaban J connectivity index is 1.39. The molecule has 0 aromatic carbocycles. The first-order valence-corrected chi connectivity index (χ1v) is 11.1. The summed E-state index contributed by atoms with van der Waals surface area (Å²) in [5.74, 6) is 0.781. The quantitative estimate of drug-likeness (QED) is 0.702. The summed E-state index contributed by atoms with van der Waals surface area (Å²) in [5.41, 5.74) is 3.91. The zero-order valence-electron chi connectivity index (χ0n) is 17.0. The molecule has 1 aliphatic heterocycles. The molecule has 4 heterocycles. The van der Waals surface area contributed by atoms with Crippen molar-refractivity contribution in [3.63, 3.8) is 0 Å². The highest BCUT2D eigenvalue weighted by molar-refractivity contribution is 7.18. The van der Waals surface area contributed by atoms with Crippen LogP contribution in [0.15, 0.2) is 4.79 Å². The van der Waals surface area contributed by atoms with Crippen LogP contribution in [0.5, 0.6) is 0 Å². The predicted octanol–water partition coefficient (Wildman–Crippen LogP) is 3.07. The van der Waals surface area contributed by atoms with Gasteiger partial charge in [0.15, 0.2) is 5.69 Å². The van der Waals surface area contributed by atoms with Crippen LogP contribution >= 0.6 is 11.3 Å². The van der Waals surface area contributed by atoms with E-state index in [0.717, 1.165) is 69.8 Å². The first kappa shape index (κ1) is 18.5. The zero-order chi connectivity index (χ0) is 20.3. The summed E-state index contributed by atoms with van der Waals surface area (Å²) in [7, 11) is 0. The number of piperidine rings is 1. The molecular weight excluding hydrogens is 386 g/mol. The second-order valence-corrected chi connectivity index (χ2v) is 9.41. The third-order valence-corrected chi connectivity index (χ3v) is 7.64. The van der Waals surface area contributed by atoms with E-state index in [1.165, 1.54) is 0 Å². The fraction of sp³-hybridized carbons (Fsp3) is 0.524. The second-order valence-electron chi connectivity index (χ2n) is 8.20. The largest absolute Gasteiger partial charge is 0.337 e. The van der Waals surface area contributed by atoms with Crippen molar-refractivity contribution in [3.8, 4) is 0 Å². The Morgan fingerprint density at radius 2 is 1.93 bits per heavy atom. The molecule has 1 amide bonds. The highest BCUT2D eigenvalue weighted by atomic mass is 32.1. The van der Waals surface area contributed by atoms with E-state index in [1.807, 2.05) is 30.2 Å². The first-order valence-electron chi connectivity index (χ1n) is 10.3. The molecule has 0 spiro atoms. The molecule has 1 saturated heterocycles. The lowest BCUT2D eigenvalue weighted by Gasteiger charge is -2.33. The summed E-state index contributed by atoms with van der Waals surface area (Å²) < 4.78 is 1.86. The maximum Gasteiger partial charge on any atom is 0.274 e. The number of H-pyrrole nitrogens is 1. The molecule has 29 heavy (non-hydrogen) atoms. The molecule has 152 valence electrons. The second kappa shape index (κ2) is 6.79. The molecule has 3 aromatic heterocycles. The van der Waals surface area contributed by atoms with Gasteiger partial charge < -0.3 is 4.90 Å². The highest BCUT2D eigenvalue weighted by Crippen LogP contribution is 2.30. The SMILES string of the molecule is Cc1sc2nc(C)n(C3CCN(C(=O)c4n[nH]c5c4CCC5)CC3)c(=O)c2c1C. The molecule has 5 rings (SSSR count). The summed E-state index contributed by atoms with van der Waals surface area (Å²) >= 11 is 1.59. The Morgan fingerprint density at radius 3 is 2.69 bits per heavy atom. The van der Waals surface area contributed by atoms with Crippen molar-refractivity contribution in [3.05, 3.63) is 43.6 Å². The van der Waals surface area contributed by atoms with Gasteiger partial charge in [-0.3, -0.25) is 19.3 Å². The molecule has 7 nitrogen and oxygen atoms in total. The Hall–Kier alpha value is -2.48. The van der Waals surface area contributed by atoms with Crippen LogP contribution in [0, 0.1) is 20.8 Å². The van der Waals surface area contributed by atoms with Gasteiger partial charge in [-0.15, -0.1) is 11.3 Å². The van der Waals surface area contributed by atoms with E-state index in [4.69, 9.17) is 4.98 Å². The van der Waals surface area contributed by atoms with Gasteiger partial charge in [0.05, 0.1) is 5.39 Å². The van der Waals surface area contributed by atoms with Crippen LogP contribution in [0.4, 0.5) is 0 Å². The minimum absolute atomic E-state index is 0.0183. The Morgan fingerprint density at radius 1 is 1.17 bits per heavy atom. The molecule has 0 saturated carbocycles. The van der Waals surface area contributed by atoms with Gasteiger partial charge in [-0.05, 0) is 58.4 Å². The lowest BCUT2D eigenvalue weighted by atomic mass is 10.0. The maximum atomic E-state index is 13.2. The number of likely N-dealkylation sites (tertiary alicyclic amines) is 1. The van der Waals surface area contributed by atoms with E-state index in [0.29, 0.717) is 18.8 Å². The van der Waals surface area contributed by atoms with Crippen LogP contribution in [-0.4, -0.2) is 43.6 Å². The van der Waals surface area contributed by atoms with Gasteiger partial charge >= 0.3 is 0 Å². The van der Waals surface area contributed by atoms with Gasteiger partial charge in [0.25, 0.3) is 11.5 Å². The third-order valence-electron chi connectivity index (χ3n) is 6.54. The normalized spacial score (nSPS) is 17.3. The van der Waals surface area contributed by atoms with Gasteiger partial charge in [-0.2, -0.15) is 5.10 Å². The fourth-order valence-electron chi connectivity index (χ4n) is 4.81. The van der Waals surface area contributed by atoms with Crippen molar-refractivity contribution >= 4 is 27.5 Å². The summed E-state index contributed by atoms with van der Waals surface area (Å²) in [6.07, 6.45) is 4.52. The number of hydrogen-bond donors (Lipinski definition) is 1. The standard InChI is InChI=1S/C21H25N5O2S/c1-11-12(2)29-19-17(11)20(27)26(13(3)22-19)14-7-9-25(10-8-14)21(28)18-15-5-4-6-16(15)23-24-18/h14H,4-10H2,1-3H3,(H,23,24). The van der Waals surface area contributed by atoms with Crippen molar-refractivity contribution in [1.82, 2.24) is 24.6 Å². The molecular formula is C21H25N5O2S. The van der Waals surface area contributed by atoms with Crippen molar-refractivity contribution in [2.45, 2.75) is 58.9 Å². The predicted molar refractivity (Wildman–Crippen MR) is 113 cm³/mol. The van der Waals surface area contributed by atoms with Crippen LogP contribution in [-0.2, 0) is 12.8 Å². The molecule has 8 heteroatoms. The fourth-order valence-corrected chi connectivity index (χ4v) is 5.88. The number of nitrogens with one attached hydrogen (secondary N) is 1. The van der Waals surface area contributed by atoms with Gasteiger partial charge in [0, 0.05) is 35.3 Å². The van der Waals surface area contributed by atoms with E-state index < -0.39 is 0 Å². The van der Waals surface area contributed by atoms with Crippen LogP contribution in [0.2, 0.25) is 0 Å².